The first-order valence-electron chi connectivity index (χ1n) is 20.5. The van der Waals surface area contributed by atoms with Crippen LogP contribution in [0.5, 0.6) is 17.2 Å². The fraction of sp³-hybridized carbons (Fsp3) is 0.413. The van der Waals surface area contributed by atoms with Gasteiger partial charge in [-0.1, -0.05) is 30.3 Å². The molecule has 296 valence electrons. The minimum atomic E-state index is -0.594. The molecule has 11 nitrogen and oxygen atoms in total. The third-order valence-corrected chi connectivity index (χ3v) is 13.0. The summed E-state index contributed by atoms with van der Waals surface area (Å²) in [6.07, 6.45) is 2.85. The Bertz CT molecular complexity index is 2160. The van der Waals surface area contributed by atoms with Gasteiger partial charge >= 0.3 is 0 Å². The quantitative estimate of drug-likeness (QED) is 0.212. The van der Waals surface area contributed by atoms with Crippen LogP contribution in [-0.4, -0.2) is 97.7 Å². The van der Waals surface area contributed by atoms with E-state index in [1.807, 2.05) is 30.3 Å². The van der Waals surface area contributed by atoms with Gasteiger partial charge in [-0.2, -0.15) is 0 Å². The Hall–Kier alpha value is -5.55. The largest absolute Gasteiger partial charge is 0.508 e. The van der Waals surface area contributed by atoms with Gasteiger partial charge in [-0.05, 0) is 97.3 Å². The molecule has 4 aromatic rings. The second-order valence-corrected chi connectivity index (χ2v) is 16.4. The smallest absolute Gasteiger partial charge is 0.255 e. The molecule has 3 fully saturated rings. The Morgan fingerprint density at radius 1 is 0.807 bits per heavy atom. The molecule has 9 rings (SSSR count). The van der Waals surface area contributed by atoms with Crippen LogP contribution in [0.25, 0.3) is 0 Å². The number of piperazine rings is 1. The molecule has 0 unspecified atom stereocenters. The van der Waals surface area contributed by atoms with Gasteiger partial charge < -0.3 is 29.3 Å². The third kappa shape index (κ3) is 7.29. The number of ether oxygens (including phenoxy) is 2. The second-order valence-electron chi connectivity index (χ2n) is 16.4. The summed E-state index contributed by atoms with van der Waals surface area (Å²) in [5, 5.41) is 12.7. The van der Waals surface area contributed by atoms with E-state index in [-0.39, 0.29) is 47.8 Å². The van der Waals surface area contributed by atoms with Crippen LogP contribution < -0.4 is 24.6 Å². The van der Waals surface area contributed by atoms with Crippen molar-refractivity contribution in [1.29, 1.82) is 0 Å². The van der Waals surface area contributed by atoms with Crippen molar-refractivity contribution >= 4 is 29.1 Å². The van der Waals surface area contributed by atoms with E-state index in [9.17, 15) is 19.5 Å². The number of phenolic OH excluding ortho intramolecular Hbond substituents is 1. The molecule has 4 atom stereocenters. The molecule has 0 spiro atoms. The number of fused-ring (bicyclic) bond motifs is 2. The maximum atomic E-state index is 13.2. The number of aromatic hydroxyl groups is 1. The number of carbonyl (C=O) groups excluding carboxylic acids is 3. The maximum Gasteiger partial charge on any atom is 0.255 e. The van der Waals surface area contributed by atoms with Crippen molar-refractivity contribution in [3.8, 4) is 17.2 Å². The van der Waals surface area contributed by atoms with Crippen LogP contribution in [-0.2, 0) is 16.1 Å². The lowest BCUT2D eigenvalue weighted by atomic mass is 9.73. The highest BCUT2D eigenvalue weighted by Gasteiger charge is 2.40. The lowest BCUT2D eigenvalue weighted by Crippen LogP contribution is -2.52. The van der Waals surface area contributed by atoms with Crippen LogP contribution in [0.2, 0.25) is 0 Å². The zero-order chi connectivity index (χ0) is 39.2. The first-order valence-corrected chi connectivity index (χ1v) is 20.5. The molecule has 0 bridgehead atoms. The van der Waals surface area contributed by atoms with Gasteiger partial charge in [0.05, 0.1) is 7.11 Å². The number of piperidine rings is 2. The van der Waals surface area contributed by atoms with E-state index in [1.54, 1.807) is 24.1 Å². The summed E-state index contributed by atoms with van der Waals surface area (Å²) in [7, 11) is 1.70. The summed E-state index contributed by atoms with van der Waals surface area (Å²) in [6, 6.07) is 28.4. The monoisotopic (exact) mass is 769 g/mol. The third-order valence-electron chi connectivity index (χ3n) is 13.0. The van der Waals surface area contributed by atoms with Crippen LogP contribution in [0, 0.1) is 5.92 Å². The average Bonchev–Trinajstić information content (AvgIpc) is 3.55. The van der Waals surface area contributed by atoms with E-state index in [4.69, 9.17) is 9.47 Å². The molecular weight excluding hydrogens is 719 g/mol. The van der Waals surface area contributed by atoms with E-state index in [0.29, 0.717) is 24.4 Å². The van der Waals surface area contributed by atoms with E-state index in [1.165, 1.54) is 16.8 Å². The van der Waals surface area contributed by atoms with Crippen LogP contribution >= 0.6 is 0 Å². The summed E-state index contributed by atoms with van der Waals surface area (Å²) in [4.78, 5) is 46.4. The Morgan fingerprint density at radius 3 is 2.32 bits per heavy atom. The van der Waals surface area contributed by atoms with Crippen LogP contribution in [0.3, 0.4) is 0 Å². The van der Waals surface area contributed by atoms with Gasteiger partial charge in [-0.15, -0.1) is 0 Å². The summed E-state index contributed by atoms with van der Waals surface area (Å²) in [5.74, 6) is 1.78. The number of nitrogens with zero attached hydrogens (tertiary/aromatic N) is 4. The molecule has 4 aromatic carbocycles. The number of hydrogen-bond acceptors (Lipinski definition) is 9. The second kappa shape index (κ2) is 15.4. The molecule has 3 saturated heterocycles. The maximum absolute atomic E-state index is 13.2. The van der Waals surface area contributed by atoms with Crippen molar-refractivity contribution < 1.29 is 29.0 Å². The molecule has 3 amide bonds. The highest BCUT2D eigenvalue weighted by Crippen LogP contribution is 2.50. The number of methoxy groups -OCH3 is 1. The van der Waals surface area contributed by atoms with E-state index >= 15 is 0 Å². The number of benzene rings is 4. The van der Waals surface area contributed by atoms with Crippen molar-refractivity contribution in [3.05, 3.63) is 113 Å². The van der Waals surface area contributed by atoms with Crippen molar-refractivity contribution in [2.45, 2.75) is 63.1 Å². The van der Waals surface area contributed by atoms with Crippen molar-refractivity contribution in [3.63, 3.8) is 0 Å². The fourth-order valence-corrected chi connectivity index (χ4v) is 9.90. The Morgan fingerprint density at radius 2 is 1.56 bits per heavy atom. The predicted molar refractivity (Wildman–Crippen MR) is 218 cm³/mol. The number of rotatable bonds is 8. The minimum absolute atomic E-state index is 0.0546. The van der Waals surface area contributed by atoms with Crippen LogP contribution in [0.15, 0.2) is 84.9 Å². The SMILES string of the molecule is COc1cccc([C@@H]2[C@H](c3ccc(N4CCC(CN5CCN(c6ccc7c(c6)CN([C@H]6CCC(=O)NC6=O)C7=O)CC5)CC4)cc3)c3ccc(O)cc3O[C@H]2C)c1. The van der Waals surface area contributed by atoms with Gasteiger partial charge in [0.2, 0.25) is 11.8 Å². The lowest BCUT2D eigenvalue weighted by Gasteiger charge is -2.40. The van der Waals surface area contributed by atoms with Gasteiger partial charge in [0, 0.05) is 99.2 Å². The number of amides is 3. The van der Waals surface area contributed by atoms with E-state index in [0.717, 1.165) is 87.0 Å². The standard InChI is InChI=1S/C46H51N5O6/c1-29-43(32-4-3-5-37(25-32)56-2)44(39-13-11-36(52)26-41(39)57-29)31-6-8-34(9-7-31)49-18-16-30(17-19-49)27-48-20-22-50(23-21-48)35-10-12-38-33(24-35)28-51(46(38)55)40-14-15-42(53)47-45(40)54/h3-13,24-26,29-30,40,43-44,52H,14-23,27-28H2,1-2H3,(H,47,53,54)/t29-,40-,43+,44+/m0/s1. The number of nitrogens with one attached hydrogen (secondary N) is 1. The summed E-state index contributed by atoms with van der Waals surface area (Å²) in [6.45, 7) is 9.58. The number of phenols is 1. The molecule has 5 aliphatic heterocycles. The Kier molecular flexibility index (Phi) is 10.0. The van der Waals surface area contributed by atoms with Crippen molar-refractivity contribution in [2.24, 2.45) is 5.92 Å². The van der Waals surface area contributed by atoms with Crippen LogP contribution in [0.4, 0.5) is 11.4 Å². The fourth-order valence-electron chi connectivity index (χ4n) is 9.90. The number of anilines is 2. The number of imide groups is 1. The highest BCUT2D eigenvalue weighted by atomic mass is 16.5. The lowest BCUT2D eigenvalue weighted by molar-refractivity contribution is -0.136. The Labute approximate surface area is 334 Å². The molecule has 5 heterocycles. The van der Waals surface area contributed by atoms with Gasteiger partial charge in [0.1, 0.15) is 29.4 Å². The topological polar surface area (TPSA) is 115 Å². The van der Waals surface area contributed by atoms with E-state index < -0.39 is 6.04 Å². The van der Waals surface area contributed by atoms with Gasteiger partial charge in [0.15, 0.2) is 0 Å². The Balaban J connectivity index is 0.796. The molecule has 0 aliphatic carbocycles. The molecule has 11 heteroatoms. The zero-order valence-electron chi connectivity index (χ0n) is 32.7. The molecule has 5 aliphatic rings. The molecule has 2 N–H and O–H groups in total. The predicted octanol–water partition coefficient (Wildman–Crippen LogP) is 5.90. The molecule has 0 radical (unpaired) electrons. The van der Waals surface area contributed by atoms with Gasteiger partial charge in [0.25, 0.3) is 5.91 Å². The van der Waals surface area contributed by atoms with Gasteiger partial charge in [-0.25, -0.2) is 0 Å². The van der Waals surface area contributed by atoms with Crippen molar-refractivity contribution in [2.75, 3.05) is 62.7 Å². The zero-order valence-corrected chi connectivity index (χ0v) is 32.7. The van der Waals surface area contributed by atoms with Crippen LogP contribution in [0.1, 0.15) is 77.1 Å². The summed E-state index contributed by atoms with van der Waals surface area (Å²) < 4.78 is 12.0. The van der Waals surface area contributed by atoms with Crippen molar-refractivity contribution in [1.82, 2.24) is 15.1 Å². The number of hydrogen-bond donors (Lipinski definition) is 2. The molecular formula is C46H51N5O6. The normalized spacial score (nSPS) is 24.2. The van der Waals surface area contributed by atoms with E-state index in [2.05, 4.69) is 69.4 Å². The minimum Gasteiger partial charge on any atom is -0.508 e. The average molecular weight is 770 g/mol. The van der Waals surface area contributed by atoms with Gasteiger partial charge in [-0.3, -0.25) is 24.6 Å². The first kappa shape index (κ1) is 37.1. The first-order chi connectivity index (χ1) is 27.7. The molecule has 0 aromatic heterocycles. The summed E-state index contributed by atoms with van der Waals surface area (Å²) in [5.41, 5.74) is 7.46. The molecule has 0 saturated carbocycles. The number of carbonyl (C=O) groups is 3. The molecule has 57 heavy (non-hydrogen) atoms. The summed E-state index contributed by atoms with van der Waals surface area (Å²) >= 11 is 0. The highest BCUT2D eigenvalue weighted by molar-refractivity contribution is 6.05.